The van der Waals surface area contributed by atoms with E-state index >= 15 is 0 Å². The van der Waals surface area contributed by atoms with Crippen LogP contribution in [-0.4, -0.2) is 8.07 Å². The van der Waals surface area contributed by atoms with Gasteiger partial charge in [0.05, 0.1) is 0 Å². The molecule has 1 atom stereocenters. The summed E-state index contributed by atoms with van der Waals surface area (Å²) in [6, 6.07) is 1.49. The highest BCUT2D eigenvalue weighted by Crippen LogP contribution is 2.22. The van der Waals surface area contributed by atoms with Crippen molar-refractivity contribution in [2.24, 2.45) is 11.8 Å². The summed E-state index contributed by atoms with van der Waals surface area (Å²) in [5, 5.41) is 0. The molecular formula is C10H24Si. The smallest absolute Gasteiger partial charge is 0.0445 e. The molecule has 0 aliphatic heterocycles. The van der Waals surface area contributed by atoms with Crippen molar-refractivity contribution in [3.8, 4) is 0 Å². The Bertz CT molecular complexity index is 99.9. The third-order valence-electron chi connectivity index (χ3n) is 1.83. The molecule has 0 aromatic carbocycles. The van der Waals surface area contributed by atoms with Gasteiger partial charge in [0.1, 0.15) is 0 Å². The summed E-state index contributed by atoms with van der Waals surface area (Å²) >= 11 is 0. The van der Waals surface area contributed by atoms with Crippen molar-refractivity contribution in [1.29, 1.82) is 0 Å². The molecule has 0 nitrogen and oxygen atoms in total. The molecule has 11 heavy (non-hydrogen) atoms. The van der Waals surface area contributed by atoms with E-state index in [0.29, 0.717) is 0 Å². The first-order valence-corrected chi connectivity index (χ1v) is 8.52. The average molecular weight is 172 g/mol. The van der Waals surface area contributed by atoms with Gasteiger partial charge >= 0.3 is 0 Å². The molecule has 68 valence electrons. The van der Waals surface area contributed by atoms with Crippen molar-refractivity contribution in [1.82, 2.24) is 0 Å². The minimum Gasteiger partial charge on any atom is -0.0695 e. The van der Waals surface area contributed by atoms with Crippen LogP contribution in [0.15, 0.2) is 0 Å². The maximum Gasteiger partial charge on any atom is 0.0445 e. The molecule has 1 heteroatoms. The van der Waals surface area contributed by atoms with Gasteiger partial charge in [0.15, 0.2) is 0 Å². The molecule has 0 bridgehead atoms. The van der Waals surface area contributed by atoms with Gasteiger partial charge in [0.25, 0.3) is 0 Å². The number of rotatable bonds is 4. The van der Waals surface area contributed by atoms with Crippen LogP contribution < -0.4 is 0 Å². The molecule has 0 aliphatic carbocycles. The van der Waals surface area contributed by atoms with Gasteiger partial charge in [-0.05, 0) is 18.3 Å². The topological polar surface area (TPSA) is 0 Å². The maximum atomic E-state index is 2.46. The Morgan fingerprint density at radius 2 is 1.45 bits per heavy atom. The molecule has 0 radical (unpaired) electrons. The van der Waals surface area contributed by atoms with Crippen LogP contribution in [0.4, 0.5) is 0 Å². The van der Waals surface area contributed by atoms with Crippen LogP contribution in [0.25, 0.3) is 0 Å². The van der Waals surface area contributed by atoms with Gasteiger partial charge in [-0.1, -0.05) is 46.5 Å². The van der Waals surface area contributed by atoms with E-state index in [2.05, 4.69) is 40.4 Å². The molecule has 0 spiro atoms. The standard InChI is InChI=1S/C10H24Si/c1-9(2)7-10(3)8-11(4,5)6/h9-10H,7-8H2,1-6H3. The van der Waals surface area contributed by atoms with Crippen molar-refractivity contribution in [2.45, 2.75) is 52.9 Å². The van der Waals surface area contributed by atoms with Gasteiger partial charge in [-0.25, -0.2) is 0 Å². The SMILES string of the molecule is CC(C)CC(C)C[Si](C)(C)C. The molecule has 0 rings (SSSR count). The van der Waals surface area contributed by atoms with E-state index in [0.717, 1.165) is 11.8 Å². The van der Waals surface area contributed by atoms with E-state index < -0.39 is 8.07 Å². The quantitative estimate of drug-likeness (QED) is 0.562. The third kappa shape index (κ3) is 8.12. The second-order valence-electron chi connectivity index (χ2n) is 5.50. The molecular weight excluding hydrogens is 148 g/mol. The van der Waals surface area contributed by atoms with Crippen LogP contribution in [0, 0.1) is 11.8 Å². The van der Waals surface area contributed by atoms with E-state index in [4.69, 9.17) is 0 Å². The van der Waals surface area contributed by atoms with Gasteiger partial charge in [-0.15, -0.1) is 0 Å². The van der Waals surface area contributed by atoms with Gasteiger partial charge in [0.2, 0.25) is 0 Å². The Labute approximate surface area is 73.4 Å². The zero-order valence-corrected chi connectivity index (χ0v) is 10.1. The third-order valence-corrected chi connectivity index (χ3v) is 3.76. The van der Waals surface area contributed by atoms with E-state index in [-0.39, 0.29) is 0 Å². The van der Waals surface area contributed by atoms with Crippen LogP contribution in [0.5, 0.6) is 0 Å². The molecule has 0 N–H and O–H groups in total. The lowest BCUT2D eigenvalue weighted by molar-refractivity contribution is 0.465. The first-order valence-electron chi connectivity index (χ1n) is 4.81. The Morgan fingerprint density at radius 3 is 1.73 bits per heavy atom. The summed E-state index contributed by atoms with van der Waals surface area (Å²) in [6.07, 6.45) is 1.41. The highest BCUT2D eigenvalue weighted by atomic mass is 28.3. The Balaban J connectivity index is 3.61. The van der Waals surface area contributed by atoms with Crippen LogP contribution in [0.2, 0.25) is 25.7 Å². The molecule has 0 saturated carbocycles. The van der Waals surface area contributed by atoms with E-state index in [1.807, 2.05) is 0 Å². The lowest BCUT2D eigenvalue weighted by Gasteiger charge is -2.22. The van der Waals surface area contributed by atoms with Gasteiger partial charge < -0.3 is 0 Å². The van der Waals surface area contributed by atoms with Crippen molar-refractivity contribution in [3.05, 3.63) is 0 Å². The molecule has 0 aliphatic rings. The van der Waals surface area contributed by atoms with Gasteiger partial charge in [-0.3, -0.25) is 0 Å². The second kappa shape index (κ2) is 4.29. The summed E-state index contributed by atoms with van der Waals surface area (Å²) in [5.41, 5.74) is 0. The van der Waals surface area contributed by atoms with Crippen molar-refractivity contribution >= 4 is 8.07 Å². The van der Waals surface area contributed by atoms with Crippen LogP contribution >= 0.6 is 0 Å². The molecule has 0 aromatic heterocycles. The van der Waals surface area contributed by atoms with Crippen LogP contribution in [-0.2, 0) is 0 Å². The highest BCUT2D eigenvalue weighted by molar-refractivity contribution is 6.76. The van der Waals surface area contributed by atoms with Crippen molar-refractivity contribution < 1.29 is 0 Å². The fraction of sp³-hybridized carbons (Fsp3) is 1.00. The van der Waals surface area contributed by atoms with Crippen molar-refractivity contribution in [2.75, 3.05) is 0 Å². The number of hydrogen-bond donors (Lipinski definition) is 0. The summed E-state index contributed by atoms with van der Waals surface area (Å²) in [5.74, 6) is 1.82. The monoisotopic (exact) mass is 172 g/mol. The molecule has 0 amide bonds. The Hall–Kier alpha value is 0.217. The van der Waals surface area contributed by atoms with Crippen LogP contribution in [0.3, 0.4) is 0 Å². The average Bonchev–Trinajstić information content (AvgIpc) is 1.53. The molecule has 0 saturated heterocycles. The summed E-state index contributed by atoms with van der Waals surface area (Å²) < 4.78 is 0. The predicted octanol–water partition coefficient (Wildman–Crippen LogP) is 4.01. The zero-order valence-electron chi connectivity index (χ0n) is 9.07. The summed E-state index contributed by atoms with van der Waals surface area (Å²) in [7, 11) is -0.787. The first kappa shape index (κ1) is 11.2. The fourth-order valence-corrected chi connectivity index (χ4v) is 4.19. The Morgan fingerprint density at radius 1 is 1.00 bits per heavy atom. The predicted molar refractivity (Wildman–Crippen MR) is 56.8 cm³/mol. The van der Waals surface area contributed by atoms with E-state index in [9.17, 15) is 0 Å². The van der Waals surface area contributed by atoms with E-state index in [1.165, 1.54) is 12.5 Å². The zero-order chi connectivity index (χ0) is 9.07. The van der Waals surface area contributed by atoms with E-state index in [1.54, 1.807) is 0 Å². The lowest BCUT2D eigenvalue weighted by Crippen LogP contribution is -2.23. The first-order chi connectivity index (χ1) is 4.81. The van der Waals surface area contributed by atoms with Gasteiger partial charge in [0, 0.05) is 8.07 Å². The molecule has 0 aromatic rings. The maximum absolute atomic E-state index is 2.46. The summed E-state index contributed by atoms with van der Waals surface area (Å²) in [4.78, 5) is 0. The highest BCUT2D eigenvalue weighted by Gasteiger charge is 2.17. The Kier molecular flexibility index (Phi) is 4.38. The van der Waals surface area contributed by atoms with Crippen LogP contribution in [0.1, 0.15) is 27.2 Å². The molecule has 0 heterocycles. The molecule has 0 fully saturated rings. The number of hydrogen-bond acceptors (Lipinski definition) is 0. The largest absolute Gasteiger partial charge is 0.0695 e. The minimum atomic E-state index is -0.787. The minimum absolute atomic E-state index is 0.787. The molecule has 1 unspecified atom stereocenters. The normalized spacial score (nSPS) is 15.5. The fourth-order valence-electron chi connectivity index (χ4n) is 1.93. The summed E-state index contributed by atoms with van der Waals surface area (Å²) in [6.45, 7) is 14.4. The van der Waals surface area contributed by atoms with Crippen molar-refractivity contribution in [3.63, 3.8) is 0 Å². The second-order valence-corrected chi connectivity index (χ2v) is 11.0. The van der Waals surface area contributed by atoms with Gasteiger partial charge in [-0.2, -0.15) is 0 Å². The lowest BCUT2D eigenvalue weighted by atomic mass is 10.0.